The molecule has 0 saturated carbocycles. The number of para-hydroxylation sites is 1. The smallest absolute Gasteiger partial charge is 0.422 e. The lowest BCUT2D eigenvalue weighted by molar-refractivity contribution is -0.153. The van der Waals surface area contributed by atoms with Crippen LogP contribution in [0.3, 0.4) is 0 Å². The molecule has 0 radical (unpaired) electrons. The monoisotopic (exact) mass is 405 g/mol. The van der Waals surface area contributed by atoms with Gasteiger partial charge in [-0.25, -0.2) is 0 Å². The number of nitrogens with one attached hydrogen (secondary N) is 1. The first-order chi connectivity index (χ1) is 13.7. The molecule has 1 aromatic carbocycles. The molecule has 2 aromatic heterocycles. The van der Waals surface area contributed by atoms with Gasteiger partial charge >= 0.3 is 6.18 Å². The molecule has 152 valence electrons. The zero-order valence-electron chi connectivity index (χ0n) is 15.6. The number of alkyl halides is 3. The Labute approximate surface area is 164 Å². The Balaban J connectivity index is 1.65. The zero-order chi connectivity index (χ0) is 21.0. The third-order valence-corrected chi connectivity index (χ3v) is 3.94. The normalized spacial score (nSPS) is 12.4. The molecule has 0 aliphatic carbocycles. The van der Waals surface area contributed by atoms with Crippen molar-refractivity contribution in [2.45, 2.75) is 26.1 Å². The lowest BCUT2D eigenvalue weighted by Crippen LogP contribution is -2.28. The quantitative estimate of drug-likeness (QED) is 0.680. The number of carbonyl (C=O) groups excluding carboxylic acids is 1. The lowest BCUT2D eigenvalue weighted by atomic mass is 10.2. The van der Waals surface area contributed by atoms with Crippen LogP contribution in [0.15, 0.2) is 48.7 Å². The van der Waals surface area contributed by atoms with Crippen molar-refractivity contribution in [3.05, 3.63) is 65.7 Å². The number of ether oxygens (including phenoxy) is 1. The summed E-state index contributed by atoms with van der Waals surface area (Å²) in [5.74, 6) is -0.442. The molecule has 0 aliphatic rings. The van der Waals surface area contributed by atoms with E-state index >= 15 is 0 Å². The van der Waals surface area contributed by atoms with Crippen LogP contribution in [-0.4, -0.2) is 38.7 Å². The predicted octanol–water partition coefficient (Wildman–Crippen LogP) is 3.40. The number of carbonyl (C=O) groups is 1. The minimum Gasteiger partial charge on any atom is -0.483 e. The van der Waals surface area contributed by atoms with Gasteiger partial charge in [-0.3, -0.25) is 9.78 Å². The molecule has 3 rings (SSSR count). The summed E-state index contributed by atoms with van der Waals surface area (Å²) in [5, 5.41) is 11.2. The molecule has 0 saturated heterocycles. The van der Waals surface area contributed by atoms with Crippen molar-refractivity contribution in [3.8, 4) is 11.4 Å². The largest absolute Gasteiger partial charge is 0.483 e. The Bertz CT molecular complexity index is 972. The van der Waals surface area contributed by atoms with Crippen LogP contribution in [0.25, 0.3) is 5.69 Å². The van der Waals surface area contributed by atoms with Crippen molar-refractivity contribution >= 4 is 5.91 Å². The Kier molecular flexibility index (Phi) is 5.81. The van der Waals surface area contributed by atoms with E-state index < -0.39 is 24.7 Å². The van der Waals surface area contributed by atoms with Crippen LogP contribution in [0.1, 0.15) is 34.8 Å². The van der Waals surface area contributed by atoms with Gasteiger partial charge in [0.1, 0.15) is 5.75 Å². The van der Waals surface area contributed by atoms with Gasteiger partial charge in [-0.05, 0) is 38.1 Å². The molecule has 0 bridgehead atoms. The first kappa shape index (κ1) is 20.3. The van der Waals surface area contributed by atoms with E-state index in [1.54, 1.807) is 13.8 Å². The minimum atomic E-state index is -4.42. The first-order valence-corrected chi connectivity index (χ1v) is 8.68. The Morgan fingerprint density at radius 1 is 1.17 bits per heavy atom. The lowest BCUT2D eigenvalue weighted by Gasteiger charge is -2.14. The molecule has 1 atom stereocenters. The molecule has 3 aromatic rings. The van der Waals surface area contributed by atoms with Crippen LogP contribution in [0.5, 0.6) is 5.75 Å². The molecule has 0 spiro atoms. The van der Waals surface area contributed by atoms with Crippen LogP contribution in [0.4, 0.5) is 13.2 Å². The van der Waals surface area contributed by atoms with Crippen LogP contribution in [0, 0.1) is 6.92 Å². The van der Waals surface area contributed by atoms with Crippen molar-refractivity contribution in [1.82, 2.24) is 25.3 Å². The van der Waals surface area contributed by atoms with E-state index in [9.17, 15) is 18.0 Å². The maximum absolute atomic E-state index is 12.6. The number of hydrogen-bond acceptors (Lipinski definition) is 5. The van der Waals surface area contributed by atoms with E-state index in [0.29, 0.717) is 11.4 Å². The number of nitrogens with zero attached hydrogens (tertiary/aromatic N) is 4. The highest BCUT2D eigenvalue weighted by atomic mass is 19.4. The van der Waals surface area contributed by atoms with E-state index in [1.807, 2.05) is 30.3 Å². The molecule has 1 N–H and O–H groups in total. The summed E-state index contributed by atoms with van der Waals surface area (Å²) in [7, 11) is 0. The number of pyridine rings is 1. The Morgan fingerprint density at radius 2 is 1.90 bits per heavy atom. The number of aromatic nitrogens is 4. The van der Waals surface area contributed by atoms with E-state index in [-0.39, 0.29) is 11.4 Å². The highest BCUT2D eigenvalue weighted by Gasteiger charge is 2.28. The highest BCUT2D eigenvalue weighted by Crippen LogP contribution is 2.19. The number of halogens is 3. The second-order valence-corrected chi connectivity index (χ2v) is 6.28. The maximum atomic E-state index is 12.6. The summed E-state index contributed by atoms with van der Waals surface area (Å²) in [6.07, 6.45) is -3.24. The number of hydrogen-bond donors (Lipinski definition) is 1. The van der Waals surface area contributed by atoms with E-state index in [2.05, 4.69) is 25.2 Å². The van der Waals surface area contributed by atoms with Gasteiger partial charge in [-0.2, -0.15) is 23.1 Å². The van der Waals surface area contributed by atoms with Gasteiger partial charge in [0.15, 0.2) is 12.3 Å². The van der Waals surface area contributed by atoms with Crippen molar-refractivity contribution < 1.29 is 22.7 Å². The number of amides is 1. The first-order valence-electron chi connectivity index (χ1n) is 8.68. The van der Waals surface area contributed by atoms with Gasteiger partial charge in [-0.15, -0.1) is 5.10 Å². The van der Waals surface area contributed by atoms with Crippen LogP contribution < -0.4 is 10.1 Å². The van der Waals surface area contributed by atoms with Crippen LogP contribution in [0.2, 0.25) is 0 Å². The molecular formula is C19H18F3N5O2. The van der Waals surface area contributed by atoms with Crippen molar-refractivity contribution in [1.29, 1.82) is 0 Å². The molecule has 0 aliphatic heterocycles. The Hall–Kier alpha value is -3.43. The third-order valence-electron chi connectivity index (χ3n) is 3.94. The zero-order valence-corrected chi connectivity index (χ0v) is 15.6. The summed E-state index contributed by atoms with van der Waals surface area (Å²) in [5.41, 5.74) is 1.82. The van der Waals surface area contributed by atoms with Gasteiger partial charge in [0.2, 0.25) is 0 Å². The Morgan fingerprint density at radius 3 is 2.52 bits per heavy atom. The molecular weight excluding hydrogens is 387 g/mol. The molecule has 0 fully saturated rings. The van der Waals surface area contributed by atoms with Crippen molar-refractivity contribution in [2.75, 3.05) is 6.61 Å². The summed E-state index contributed by atoms with van der Waals surface area (Å²) < 4.78 is 41.2. The molecule has 2 heterocycles. The predicted molar refractivity (Wildman–Crippen MR) is 97.8 cm³/mol. The fraction of sp³-hybridized carbons (Fsp3) is 0.263. The standard InChI is InChI=1S/C19H18F3N5O2/c1-12(16-9-8-15(10-23-16)29-11-19(20,21)22)24-18(28)17-13(2)25-27(26-17)14-6-4-3-5-7-14/h3-10,12H,11H2,1-2H3,(H,24,28)/t12-/m1/s1. The average molecular weight is 405 g/mol. The molecule has 0 unspecified atom stereocenters. The molecule has 29 heavy (non-hydrogen) atoms. The topological polar surface area (TPSA) is 81.9 Å². The number of aryl methyl sites for hydroxylation is 1. The second-order valence-electron chi connectivity index (χ2n) is 6.28. The van der Waals surface area contributed by atoms with Gasteiger partial charge in [-0.1, -0.05) is 18.2 Å². The fourth-order valence-corrected chi connectivity index (χ4v) is 2.50. The fourth-order valence-electron chi connectivity index (χ4n) is 2.50. The van der Waals surface area contributed by atoms with E-state index in [1.165, 1.54) is 23.1 Å². The summed E-state index contributed by atoms with van der Waals surface area (Å²) >= 11 is 0. The molecule has 1 amide bonds. The maximum Gasteiger partial charge on any atom is 0.422 e. The van der Waals surface area contributed by atoms with Crippen molar-refractivity contribution in [3.63, 3.8) is 0 Å². The van der Waals surface area contributed by atoms with Crippen molar-refractivity contribution in [2.24, 2.45) is 0 Å². The van der Waals surface area contributed by atoms with Gasteiger partial charge < -0.3 is 10.1 Å². The summed E-state index contributed by atoms with van der Waals surface area (Å²) in [6.45, 7) is 1.99. The van der Waals surface area contributed by atoms with E-state index in [4.69, 9.17) is 0 Å². The third kappa shape index (κ3) is 5.31. The molecule has 10 heteroatoms. The van der Waals surface area contributed by atoms with Gasteiger partial charge in [0.05, 0.1) is 29.3 Å². The highest BCUT2D eigenvalue weighted by molar-refractivity contribution is 5.93. The van der Waals surface area contributed by atoms with Crippen LogP contribution in [-0.2, 0) is 0 Å². The van der Waals surface area contributed by atoms with Gasteiger partial charge in [0.25, 0.3) is 5.91 Å². The number of benzene rings is 1. The number of rotatable bonds is 6. The molecule has 7 nitrogen and oxygen atoms in total. The SMILES string of the molecule is Cc1nn(-c2ccccc2)nc1C(=O)N[C@H](C)c1ccc(OCC(F)(F)F)cn1. The second kappa shape index (κ2) is 8.29. The summed E-state index contributed by atoms with van der Waals surface area (Å²) in [4.78, 5) is 18.0. The average Bonchev–Trinajstić information content (AvgIpc) is 3.09. The van der Waals surface area contributed by atoms with Gasteiger partial charge in [0, 0.05) is 0 Å². The summed E-state index contributed by atoms with van der Waals surface area (Å²) in [6, 6.07) is 11.5. The van der Waals surface area contributed by atoms with Crippen LogP contribution >= 0.6 is 0 Å². The minimum absolute atomic E-state index is 0.00810. The van der Waals surface area contributed by atoms with E-state index in [0.717, 1.165) is 5.69 Å².